The minimum atomic E-state index is -0.708. The molecule has 29 heavy (non-hydrogen) atoms. The maximum atomic E-state index is 13.1. The van der Waals surface area contributed by atoms with Crippen LogP contribution in [-0.4, -0.2) is 98.3 Å². The first-order chi connectivity index (χ1) is 14.0. The number of morpholine rings is 1. The number of aliphatic hydroxyl groups excluding tert-OH is 1. The average molecular weight is 408 g/mol. The van der Waals surface area contributed by atoms with Gasteiger partial charge in [0, 0.05) is 45.7 Å². The van der Waals surface area contributed by atoms with Crippen LogP contribution in [0.1, 0.15) is 6.92 Å². The first-order valence-corrected chi connectivity index (χ1v) is 10.4. The summed E-state index contributed by atoms with van der Waals surface area (Å²) < 4.78 is 5.33. The van der Waals surface area contributed by atoms with E-state index in [0.29, 0.717) is 19.8 Å². The van der Waals surface area contributed by atoms with E-state index in [9.17, 15) is 19.5 Å². The highest BCUT2D eigenvalue weighted by molar-refractivity contribution is 5.96. The zero-order valence-corrected chi connectivity index (χ0v) is 17.2. The number of rotatable bonds is 7. The van der Waals surface area contributed by atoms with Crippen molar-refractivity contribution in [3.05, 3.63) is 12.2 Å². The summed E-state index contributed by atoms with van der Waals surface area (Å²) in [5.74, 6) is -2.24. The number of hydrogen-bond donors (Lipinski definition) is 3. The molecule has 0 aromatic rings. The Balaban J connectivity index is 1.73. The maximum Gasteiger partial charge on any atom is 0.243 e. The Morgan fingerprint density at radius 2 is 1.93 bits per heavy atom. The van der Waals surface area contributed by atoms with Gasteiger partial charge in [-0.1, -0.05) is 19.1 Å². The number of aliphatic hydroxyl groups is 1. The molecule has 2 saturated heterocycles. The number of allylic oxidation sites excluding steroid dienone is 1. The summed E-state index contributed by atoms with van der Waals surface area (Å²) in [6, 6.07) is -0.708. The zero-order chi connectivity index (χ0) is 21.0. The summed E-state index contributed by atoms with van der Waals surface area (Å²) in [5.41, 5.74) is 0. The lowest BCUT2D eigenvalue weighted by atomic mass is 9.70. The lowest BCUT2D eigenvalue weighted by molar-refractivity contribution is -0.141. The molecule has 0 bridgehead atoms. The number of β-amino-alcohol motifs (C(OH)–C–C–N with tert-alkyl or cyclic N) is 1. The minimum Gasteiger partial charge on any atom is -0.395 e. The van der Waals surface area contributed by atoms with Gasteiger partial charge in [0.05, 0.1) is 31.7 Å². The van der Waals surface area contributed by atoms with E-state index < -0.39 is 17.9 Å². The summed E-state index contributed by atoms with van der Waals surface area (Å²) in [6.07, 6.45) is 3.82. The van der Waals surface area contributed by atoms with Gasteiger partial charge >= 0.3 is 0 Å². The second-order valence-electron chi connectivity index (χ2n) is 7.93. The highest BCUT2D eigenvalue weighted by atomic mass is 16.5. The van der Waals surface area contributed by atoms with Crippen molar-refractivity contribution >= 4 is 17.7 Å². The summed E-state index contributed by atoms with van der Waals surface area (Å²) in [7, 11) is 1.56. The van der Waals surface area contributed by atoms with Gasteiger partial charge in [0.2, 0.25) is 17.7 Å². The second-order valence-corrected chi connectivity index (χ2v) is 7.93. The fraction of sp³-hybridized carbons (Fsp3) is 0.750. The fourth-order valence-electron chi connectivity index (χ4n) is 4.77. The zero-order valence-electron chi connectivity index (χ0n) is 17.2. The lowest BCUT2D eigenvalue weighted by Gasteiger charge is -2.32. The fourth-order valence-corrected chi connectivity index (χ4v) is 4.77. The van der Waals surface area contributed by atoms with Crippen molar-refractivity contribution in [2.24, 2.45) is 23.7 Å². The molecule has 5 atom stereocenters. The molecular weight excluding hydrogens is 376 g/mol. The van der Waals surface area contributed by atoms with Crippen LogP contribution in [0.25, 0.3) is 0 Å². The van der Waals surface area contributed by atoms with Gasteiger partial charge in [-0.15, -0.1) is 0 Å². The van der Waals surface area contributed by atoms with E-state index in [2.05, 4.69) is 15.5 Å². The van der Waals surface area contributed by atoms with Crippen LogP contribution in [0, 0.1) is 23.7 Å². The summed E-state index contributed by atoms with van der Waals surface area (Å²) in [4.78, 5) is 42.3. The molecule has 0 spiro atoms. The molecule has 0 saturated carbocycles. The molecule has 2 heterocycles. The number of likely N-dealkylation sites (tertiary alicyclic amines) is 1. The normalized spacial score (nSPS) is 32.2. The summed E-state index contributed by atoms with van der Waals surface area (Å²) >= 11 is 0. The monoisotopic (exact) mass is 408 g/mol. The van der Waals surface area contributed by atoms with E-state index in [1.807, 2.05) is 19.1 Å². The number of carbonyl (C=O) groups is 3. The summed E-state index contributed by atoms with van der Waals surface area (Å²) in [6.45, 7) is 6.03. The number of amides is 3. The van der Waals surface area contributed by atoms with Crippen molar-refractivity contribution < 1.29 is 24.2 Å². The van der Waals surface area contributed by atoms with Gasteiger partial charge in [-0.05, 0) is 5.92 Å². The van der Waals surface area contributed by atoms with Gasteiger partial charge in [0.25, 0.3) is 0 Å². The Bertz CT molecular complexity index is 649. The van der Waals surface area contributed by atoms with E-state index in [1.165, 1.54) is 4.90 Å². The van der Waals surface area contributed by atoms with Crippen molar-refractivity contribution in [2.45, 2.75) is 13.0 Å². The van der Waals surface area contributed by atoms with Gasteiger partial charge < -0.3 is 25.4 Å². The molecule has 0 aromatic heterocycles. The highest BCUT2D eigenvalue weighted by Gasteiger charge is 2.56. The molecule has 0 radical (unpaired) electrons. The van der Waals surface area contributed by atoms with E-state index in [1.54, 1.807) is 7.05 Å². The van der Waals surface area contributed by atoms with E-state index >= 15 is 0 Å². The second kappa shape index (κ2) is 9.69. The molecule has 3 aliphatic rings. The first kappa shape index (κ1) is 21.7. The summed E-state index contributed by atoms with van der Waals surface area (Å²) in [5, 5.41) is 15.1. The molecular formula is C20H32N4O5. The maximum absolute atomic E-state index is 13.1. The number of nitrogens with one attached hydrogen (secondary N) is 2. The molecule has 9 heteroatoms. The van der Waals surface area contributed by atoms with Crippen LogP contribution >= 0.6 is 0 Å². The van der Waals surface area contributed by atoms with Gasteiger partial charge in [-0.3, -0.25) is 19.3 Å². The third-order valence-electron chi connectivity index (χ3n) is 6.26. The molecule has 2 fully saturated rings. The number of nitrogens with zero attached hydrogens (tertiary/aromatic N) is 2. The van der Waals surface area contributed by atoms with E-state index in [4.69, 9.17) is 4.74 Å². The SMILES string of the molecule is CNC(=O)[C@H]1[C@H]2C(=O)N(CCO)[C@H](C(=O)NCCN3CCOCC3)[C@H]2C=C[C@H]1C. The van der Waals surface area contributed by atoms with Gasteiger partial charge in [0.1, 0.15) is 6.04 Å². The van der Waals surface area contributed by atoms with Gasteiger partial charge in [-0.2, -0.15) is 0 Å². The predicted octanol–water partition coefficient (Wildman–Crippen LogP) is -1.56. The minimum absolute atomic E-state index is 0.0794. The highest BCUT2D eigenvalue weighted by Crippen LogP contribution is 2.43. The molecule has 1 aliphatic carbocycles. The number of fused-ring (bicyclic) bond motifs is 1. The third-order valence-corrected chi connectivity index (χ3v) is 6.26. The van der Waals surface area contributed by atoms with Crippen LogP contribution < -0.4 is 10.6 Å². The lowest BCUT2D eigenvalue weighted by Crippen LogP contribution is -2.50. The molecule has 0 unspecified atom stereocenters. The van der Waals surface area contributed by atoms with Crippen LogP contribution in [0.4, 0.5) is 0 Å². The van der Waals surface area contributed by atoms with Crippen molar-refractivity contribution in [1.82, 2.24) is 20.4 Å². The van der Waals surface area contributed by atoms with Crippen molar-refractivity contribution in [1.29, 1.82) is 0 Å². The number of hydrogen-bond acceptors (Lipinski definition) is 6. The van der Waals surface area contributed by atoms with Crippen molar-refractivity contribution in [2.75, 3.05) is 59.6 Å². The largest absolute Gasteiger partial charge is 0.395 e. The van der Waals surface area contributed by atoms with E-state index in [0.717, 1.165) is 19.6 Å². The van der Waals surface area contributed by atoms with Gasteiger partial charge in [0.15, 0.2) is 0 Å². The Kier molecular flexibility index (Phi) is 7.26. The van der Waals surface area contributed by atoms with Crippen LogP contribution in [0.3, 0.4) is 0 Å². The van der Waals surface area contributed by atoms with Gasteiger partial charge in [-0.25, -0.2) is 0 Å². The molecule has 0 aromatic carbocycles. The van der Waals surface area contributed by atoms with E-state index in [-0.39, 0.29) is 42.7 Å². The van der Waals surface area contributed by atoms with Crippen molar-refractivity contribution in [3.8, 4) is 0 Å². The molecule has 9 nitrogen and oxygen atoms in total. The molecule has 162 valence electrons. The molecule has 3 N–H and O–H groups in total. The molecule has 3 rings (SSSR count). The average Bonchev–Trinajstić information content (AvgIpc) is 3.00. The predicted molar refractivity (Wildman–Crippen MR) is 106 cm³/mol. The van der Waals surface area contributed by atoms with Crippen LogP contribution in [-0.2, 0) is 19.1 Å². The van der Waals surface area contributed by atoms with Crippen molar-refractivity contribution in [3.63, 3.8) is 0 Å². The Labute approximate surface area is 171 Å². The molecule has 3 amide bonds. The first-order valence-electron chi connectivity index (χ1n) is 10.4. The van der Waals surface area contributed by atoms with Crippen LogP contribution in [0.5, 0.6) is 0 Å². The Hall–Kier alpha value is -1.97. The standard InChI is InChI=1S/C20H32N4O5/c1-13-3-4-14-16(15(13)18(26)21-2)20(28)24(7-10-25)17(14)19(27)22-5-6-23-8-11-29-12-9-23/h3-4,13-17,25H,5-12H2,1-2H3,(H,21,26)(H,22,27)/t13-,14+,15-,16+,17+/m1/s1. The number of ether oxygens (including phenoxy) is 1. The quantitative estimate of drug-likeness (QED) is 0.440. The topological polar surface area (TPSA) is 111 Å². The molecule has 2 aliphatic heterocycles. The number of carbonyl (C=O) groups excluding carboxylic acids is 3. The van der Waals surface area contributed by atoms with Crippen LogP contribution in [0.15, 0.2) is 12.2 Å². The third kappa shape index (κ3) is 4.46. The van der Waals surface area contributed by atoms with Crippen LogP contribution in [0.2, 0.25) is 0 Å². The Morgan fingerprint density at radius 1 is 1.21 bits per heavy atom. The smallest absolute Gasteiger partial charge is 0.243 e. The Morgan fingerprint density at radius 3 is 2.59 bits per heavy atom.